The molecule has 2 N–H and O–H groups in total. The molecule has 1 unspecified atom stereocenters. The maximum atomic E-state index is 5.63. The third kappa shape index (κ3) is 6.68. The second-order valence-electron chi connectivity index (χ2n) is 4.93. The monoisotopic (exact) mass is 269 g/mol. The number of hydrogen-bond acceptors (Lipinski definition) is 5. The summed E-state index contributed by atoms with van der Waals surface area (Å²) in [5.41, 5.74) is 5.63. The third-order valence-corrected chi connectivity index (χ3v) is 3.13. The van der Waals surface area contributed by atoms with Crippen LogP contribution in [0.1, 0.15) is 57.7 Å². The van der Waals surface area contributed by atoms with E-state index >= 15 is 0 Å². The van der Waals surface area contributed by atoms with E-state index < -0.39 is 0 Å². The maximum Gasteiger partial charge on any atom is 0.226 e. The molecule has 1 heterocycles. The number of aryl methyl sites for hydroxylation is 1. The molecule has 110 valence electrons. The minimum atomic E-state index is 0.443. The van der Waals surface area contributed by atoms with Gasteiger partial charge in [-0.3, -0.25) is 0 Å². The van der Waals surface area contributed by atoms with E-state index in [9.17, 15) is 0 Å². The summed E-state index contributed by atoms with van der Waals surface area (Å²) in [7, 11) is 0. The van der Waals surface area contributed by atoms with E-state index in [1.807, 2.05) is 0 Å². The average molecular weight is 269 g/mol. The van der Waals surface area contributed by atoms with Crippen molar-refractivity contribution in [1.29, 1.82) is 0 Å². The second kappa shape index (κ2) is 9.92. The summed E-state index contributed by atoms with van der Waals surface area (Å²) in [5.74, 6) is 2.03. The lowest BCUT2D eigenvalue weighted by Gasteiger charge is -2.13. The summed E-state index contributed by atoms with van der Waals surface area (Å²) in [5, 5.41) is 3.92. The molecule has 0 fully saturated rings. The number of nitrogens with zero attached hydrogens (tertiary/aromatic N) is 2. The predicted octanol–water partition coefficient (Wildman–Crippen LogP) is 2.69. The highest BCUT2D eigenvalue weighted by molar-refractivity contribution is 4.85. The highest BCUT2D eigenvalue weighted by Crippen LogP contribution is 2.17. The maximum absolute atomic E-state index is 5.63. The Morgan fingerprint density at radius 1 is 1.21 bits per heavy atom. The molecule has 5 heteroatoms. The van der Waals surface area contributed by atoms with Crippen LogP contribution in [0.15, 0.2) is 4.52 Å². The number of ether oxygens (including phenoxy) is 1. The van der Waals surface area contributed by atoms with Gasteiger partial charge in [-0.1, -0.05) is 31.8 Å². The van der Waals surface area contributed by atoms with Crippen LogP contribution in [0.3, 0.4) is 0 Å². The largest absolute Gasteiger partial charge is 0.373 e. The fourth-order valence-electron chi connectivity index (χ4n) is 2.16. The standard InChI is InChI=1S/C14H27N3O2/c1-3-5-12(8-9-15)6-7-14-16-13(17-19-14)11-18-10-4-2/h12H,3-11,15H2,1-2H3. The SMILES string of the molecule is CCCOCc1noc(CCC(CCC)CCN)n1. The predicted molar refractivity (Wildman–Crippen MR) is 74.6 cm³/mol. The minimum Gasteiger partial charge on any atom is -0.373 e. The average Bonchev–Trinajstić information content (AvgIpc) is 2.85. The van der Waals surface area contributed by atoms with Gasteiger partial charge in [-0.05, 0) is 31.7 Å². The van der Waals surface area contributed by atoms with Crippen LogP contribution in [0, 0.1) is 5.92 Å². The fourth-order valence-corrected chi connectivity index (χ4v) is 2.16. The molecule has 19 heavy (non-hydrogen) atoms. The topological polar surface area (TPSA) is 74.2 Å². The van der Waals surface area contributed by atoms with Crippen molar-refractivity contribution in [2.75, 3.05) is 13.2 Å². The van der Waals surface area contributed by atoms with Gasteiger partial charge in [0.05, 0.1) is 0 Å². The van der Waals surface area contributed by atoms with Gasteiger partial charge in [0.1, 0.15) is 6.61 Å². The first-order valence-corrected chi connectivity index (χ1v) is 7.39. The smallest absolute Gasteiger partial charge is 0.226 e. The van der Waals surface area contributed by atoms with E-state index in [0.29, 0.717) is 24.2 Å². The Kier molecular flexibility index (Phi) is 8.41. The summed E-state index contributed by atoms with van der Waals surface area (Å²) in [6.07, 6.45) is 6.41. The molecule has 0 bridgehead atoms. The Labute approximate surface area is 115 Å². The molecule has 5 nitrogen and oxygen atoms in total. The number of hydrogen-bond donors (Lipinski definition) is 1. The molecule has 0 aromatic carbocycles. The van der Waals surface area contributed by atoms with Gasteiger partial charge in [-0.15, -0.1) is 0 Å². The van der Waals surface area contributed by atoms with Crippen molar-refractivity contribution in [2.24, 2.45) is 11.7 Å². The van der Waals surface area contributed by atoms with Gasteiger partial charge in [0.2, 0.25) is 5.89 Å². The first-order chi connectivity index (χ1) is 9.30. The van der Waals surface area contributed by atoms with E-state index in [-0.39, 0.29) is 0 Å². The van der Waals surface area contributed by atoms with Crippen LogP contribution in [-0.2, 0) is 17.8 Å². The molecule has 0 saturated heterocycles. The van der Waals surface area contributed by atoms with Crippen molar-refractivity contribution < 1.29 is 9.26 Å². The van der Waals surface area contributed by atoms with E-state index in [0.717, 1.165) is 38.8 Å². The molecule has 0 aliphatic heterocycles. The Hall–Kier alpha value is -0.940. The molecule has 1 rings (SSSR count). The minimum absolute atomic E-state index is 0.443. The van der Waals surface area contributed by atoms with Gasteiger partial charge in [0, 0.05) is 13.0 Å². The van der Waals surface area contributed by atoms with Crippen LogP contribution in [0.5, 0.6) is 0 Å². The lowest BCUT2D eigenvalue weighted by molar-refractivity contribution is 0.114. The highest BCUT2D eigenvalue weighted by Gasteiger charge is 2.11. The van der Waals surface area contributed by atoms with Crippen molar-refractivity contribution in [3.05, 3.63) is 11.7 Å². The highest BCUT2D eigenvalue weighted by atomic mass is 16.5. The Morgan fingerprint density at radius 2 is 2.05 bits per heavy atom. The Morgan fingerprint density at radius 3 is 2.74 bits per heavy atom. The molecule has 1 aromatic rings. The zero-order valence-electron chi connectivity index (χ0n) is 12.2. The summed E-state index contributed by atoms with van der Waals surface area (Å²) in [4.78, 5) is 4.34. The molecule has 0 radical (unpaired) electrons. The van der Waals surface area contributed by atoms with E-state index in [4.69, 9.17) is 15.0 Å². The van der Waals surface area contributed by atoms with Crippen molar-refractivity contribution >= 4 is 0 Å². The molecular weight excluding hydrogens is 242 g/mol. The van der Waals surface area contributed by atoms with Gasteiger partial charge < -0.3 is 15.0 Å². The van der Waals surface area contributed by atoms with E-state index in [1.54, 1.807) is 0 Å². The van der Waals surface area contributed by atoms with Crippen LogP contribution >= 0.6 is 0 Å². The van der Waals surface area contributed by atoms with Crippen molar-refractivity contribution in [3.8, 4) is 0 Å². The number of rotatable bonds is 11. The quantitative estimate of drug-likeness (QED) is 0.625. The molecule has 1 aromatic heterocycles. The van der Waals surface area contributed by atoms with Crippen molar-refractivity contribution in [1.82, 2.24) is 10.1 Å². The molecule has 0 spiro atoms. The number of nitrogens with two attached hydrogens (primary N) is 1. The van der Waals surface area contributed by atoms with Crippen molar-refractivity contribution in [2.45, 2.75) is 59.0 Å². The van der Waals surface area contributed by atoms with E-state index in [2.05, 4.69) is 24.0 Å². The van der Waals surface area contributed by atoms with Gasteiger partial charge in [-0.25, -0.2) is 0 Å². The first kappa shape index (κ1) is 16.1. The Bertz CT molecular complexity index is 322. The van der Waals surface area contributed by atoms with Crippen molar-refractivity contribution in [3.63, 3.8) is 0 Å². The summed E-state index contributed by atoms with van der Waals surface area (Å²) >= 11 is 0. The Balaban J connectivity index is 2.31. The second-order valence-corrected chi connectivity index (χ2v) is 4.93. The third-order valence-electron chi connectivity index (χ3n) is 3.13. The summed E-state index contributed by atoms with van der Waals surface area (Å²) < 4.78 is 10.6. The van der Waals surface area contributed by atoms with Gasteiger partial charge >= 0.3 is 0 Å². The van der Waals surface area contributed by atoms with Crippen LogP contribution in [-0.4, -0.2) is 23.3 Å². The fraction of sp³-hybridized carbons (Fsp3) is 0.857. The van der Waals surface area contributed by atoms with Gasteiger partial charge in [0.25, 0.3) is 0 Å². The lowest BCUT2D eigenvalue weighted by Crippen LogP contribution is -2.09. The van der Waals surface area contributed by atoms with Crippen LogP contribution in [0.2, 0.25) is 0 Å². The number of aromatic nitrogens is 2. The van der Waals surface area contributed by atoms with E-state index in [1.165, 1.54) is 12.8 Å². The van der Waals surface area contributed by atoms with Crippen LogP contribution in [0.25, 0.3) is 0 Å². The normalized spacial score (nSPS) is 12.8. The molecule has 0 saturated carbocycles. The zero-order valence-corrected chi connectivity index (χ0v) is 12.2. The lowest BCUT2D eigenvalue weighted by atomic mass is 9.94. The molecule has 0 aliphatic carbocycles. The first-order valence-electron chi connectivity index (χ1n) is 7.39. The van der Waals surface area contributed by atoms with Crippen LogP contribution < -0.4 is 5.73 Å². The van der Waals surface area contributed by atoms with Gasteiger partial charge in [0.15, 0.2) is 5.82 Å². The summed E-state index contributed by atoms with van der Waals surface area (Å²) in [6, 6.07) is 0. The molecule has 1 atom stereocenters. The van der Waals surface area contributed by atoms with Gasteiger partial charge in [-0.2, -0.15) is 4.98 Å². The molecule has 0 aliphatic rings. The zero-order chi connectivity index (χ0) is 13.9. The summed E-state index contributed by atoms with van der Waals surface area (Å²) in [6.45, 7) is 6.22. The van der Waals surface area contributed by atoms with Crippen LogP contribution in [0.4, 0.5) is 0 Å². The molecular formula is C14H27N3O2. The molecule has 0 amide bonds.